The van der Waals surface area contributed by atoms with Gasteiger partial charge in [-0.05, 0) is 20.0 Å². The maximum absolute atomic E-state index is 5.63. The van der Waals surface area contributed by atoms with Gasteiger partial charge in [-0.25, -0.2) is 0 Å². The van der Waals surface area contributed by atoms with Crippen molar-refractivity contribution in [3.8, 4) is 0 Å². The fourth-order valence-corrected chi connectivity index (χ4v) is 4.94. The van der Waals surface area contributed by atoms with Crippen LogP contribution in [0.25, 0.3) is 0 Å². The molecule has 0 unspecified atom stereocenters. The van der Waals surface area contributed by atoms with E-state index >= 15 is 0 Å². The lowest BCUT2D eigenvalue weighted by Gasteiger charge is -2.28. The fraction of sp³-hybridized carbons (Fsp3) is 1.00. The molecule has 0 heterocycles. The molecule has 92 valence electrons. The lowest BCUT2D eigenvalue weighted by Crippen LogP contribution is -2.51. The van der Waals surface area contributed by atoms with Gasteiger partial charge >= 0.3 is 9.05 Å². The third-order valence-electron chi connectivity index (χ3n) is 1.88. The molecule has 0 spiro atoms. The highest BCUT2D eigenvalue weighted by atomic mass is 28.4. The molecule has 15 heavy (non-hydrogen) atoms. The highest BCUT2D eigenvalue weighted by Crippen LogP contribution is 2.12. The summed E-state index contributed by atoms with van der Waals surface area (Å²) in [5.41, 5.74) is 0. The van der Waals surface area contributed by atoms with Gasteiger partial charge in [-0.15, -0.1) is 0 Å². The van der Waals surface area contributed by atoms with Crippen molar-refractivity contribution in [3.63, 3.8) is 0 Å². The Morgan fingerprint density at radius 2 is 1.33 bits per heavy atom. The van der Waals surface area contributed by atoms with E-state index in [0.29, 0.717) is 12.8 Å². The first-order valence-corrected chi connectivity index (χ1v) is 9.63. The molecule has 0 fully saturated rings. The summed E-state index contributed by atoms with van der Waals surface area (Å²) in [4.78, 5) is 0. The summed E-state index contributed by atoms with van der Waals surface area (Å²) in [6.45, 7) is 6.83. The first-order chi connectivity index (χ1) is 6.95. The fourth-order valence-electron chi connectivity index (χ4n) is 1.12. The van der Waals surface area contributed by atoms with Gasteiger partial charge < -0.3 is 22.1 Å². The summed E-state index contributed by atoms with van der Waals surface area (Å²) in [5.74, 6) is 0. The molecule has 0 aromatic heterocycles. The van der Waals surface area contributed by atoms with Gasteiger partial charge in [0, 0.05) is 27.9 Å². The van der Waals surface area contributed by atoms with Crippen LogP contribution in [0.2, 0.25) is 13.1 Å². The molecule has 0 aromatic carbocycles. The summed E-state index contributed by atoms with van der Waals surface area (Å²) in [7, 11) is -0.124. The summed E-state index contributed by atoms with van der Waals surface area (Å²) < 4.78 is 26.7. The predicted molar refractivity (Wildman–Crippen MR) is 61.8 cm³/mol. The van der Waals surface area contributed by atoms with Crippen molar-refractivity contribution in [2.75, 3.05) is 34.2 Å². The van der Waals surface area contributed by atoms with Crippen molar-refractivity contribution in [1.82, 2.24) is 0 Å². The van der Waals surface area contributed by atoms with Crippen molar-refractivity contribution in [2.45, 2.75) is 20.0 Å². The third kappa shape index (κ3) is 5.20. The van der Waals surface area contributed by atoms with Gasteiger partial charge in [0.15, 0.2) is 0 Å². The van der Waals surface area contributed by atoms with Crippen LogP contribution in [0.3, 0.4) is 0 Å². The van der Waals surface area contributed by atoms with Crippen LogP contribution in [0, 0.1) is 0 Å². The third-order valence-corrected chi connectivity index (χ3v) is 6.08. The van der Waals surface area contributed by atoms with E-state index < -0.39 is 17.4 Å². The molecule has 0 bridgehead atoms. The molecule has 0 radical (unpaired) electrons. The minimum absolute atomic E-state index is 0.503. The zero-order valence-corrected chi connectivity index (χ0v) is 12.5. The average molecular weight is 254 g/mol. The minimum Gasteiger partial charge on any atom is -0.415 e. The van der Waals surface area contributed by atoms with Gasteiger partial charge in [-0.1, -0.05) is 0 Å². The van der Waals surface area contributed by atoms with Gasteiger partial charge in [0.25, 0.3) is 0 Å². The van der Waals surface area contributed by atoms with E-state index in [1.54, 1.807) is 0 Å². The van der Waals surface area contributed by atoms with Crippen molar-refractivity contribution in [1.29, 1.82) is 0 Å². The van der Waals surface area contributed by atoms with Gasteiger partial charge in [0.05, 0.1) is 6.23 Å². The minimum atomic E-state index is -2.90. The molecular formula is C8H22O5Si2. The van der Waals surface area contributed by atoms with Gasteiger partial charge in [0.2, 0.25) is 8.32 Å². The monoisotopic (exact) mass is 254 g/mol. The second-order valence-corrected chi connectivity index (χ2v) is 10.2. The van der Waals surface area contributed by atoms with Crippen LogP contribution in [-0.4, -0.2) is 51.5 Å². The Labute approximate surface area is 94.2 Å². The Morgan fingerprint density at radius 1 is 0.867 bits per heavy atom. The molecule has 0 saturated heterocycles. The topological polar surface area (TPSA) is 46.2 Å². The summed E-state index contributed by atoms with van der Waals surface area (Å²) >= 11 is 0. The summed E-state index contributed by atoms with van der Waals surface area (Å²) in [6.07, 6.45) is 0.503. The molecule has 0 amide bonds. The standard InChI is InChI=1S/C8H22O5Si2/c1-7-12-14(5,6)8-13-15(9-2,10-3)11-4/h7-8H2,1-6H3. The highest BCUT2D eigenvalue weighted by Gasteiger charge is 2.44. The highest BCUT2D eigenvalue weighted by molar-refractivity contribution is 6.72. The molecule has 0 aromatic rings. The molecule has 0 aliphatic rings. The van der Waals surface area contributed by atoms with E-state index in [-0.39, 0.29) is 0 Å². The molecule has 0 aliphatic heterocycles. The maximum Gasteiger partial charge on any atom is 0.678 e. The van der Waals surface area contributed by atoms with Crippen LogP contribution in [0.1, 0.15) is 6.92 Å². The predicted octanol–water partition coefficient (Wildman–Crippen LogP) is 1.16. The van der Waals surface area contributed by atoms with Crippen LogP contribution in [0.4, 0.5) is 0 Å². The summed E-state index contributed by atoms with van der Waals surface area (Å²) in [5, 5.41) is 0. The maximum atomic E-state index is 5.63. The van der Waals surface area contributed by atoms with Crippen LogP contribution < -0.4 is 0 Å². The first kappa shape index (κ1) is 15.2. The van der Waals surface area contributed by atoms with E-state index in [1.165, 1.54) is 21.3 Å². The van der Waals surface area contributed by atoms with E-state index in [1.807, 2.05) is 6.92 Å². The van der Waals surface area contributed by atoms with Gasteiger partial charge in [-0.3, -0.25) is 0 Å². The molecule has 7 heteroatoms. The lowest BCUT2D eigenvalue weighted by atomic mass is 10.9. The molecular weight excluding hydrogens is 232 g/mol. The normalized spacial score (nSPS) is 13.2. The van der Waals surface area contributed by atoms with Crippen LogP contribution >= 0.6 is 0 Å². The zero-order valence-electron chi connectivity index (χ0n) is 10.5. The van der Waals surface area contributed by atoms with Crippen molar-refractivity contribution in [2.24, 2.45) is 0 Å². The number of rotatable bonds is 8. The second-order valence-electron chi connectivity index (χ2n) is 3.59. The molecule has 5 nitrogen and oxygen atoms in total. The lowest BCUT2D eigenvalue weighted by molar-refractivity contribution is 0.0135. The Morgan fingerprint density at radius 3 is 1.67 bits per heavy atom. The molecule has 0 rings (SSSR count). The van der Waals surface area contributed by atoms with Gasteiger partial charge in [0.1, 0.15) is 0 Å². The second kappa shape index (κ2) is 6.74. The molecule has 0 N–H and O–H groups in total. The molecule has 0 atom stereocenters. The zero-order chi connectivity index (χ0) is 11.9. The molecule has 0 aliphatic carbocycles. The van der Waals surface area contributed by atoms with Crippen molar-refractivity contribution < 1.29 is 22.1 Å². The Kier molecular flexibility index (Phi) is 6.84. The van der Waals surface area contributed by atoms with E-state index in [2.05, 4.69) is 13.1 Å². The smallest absolute Gasteiger partial charge is 0.415 e. The number of hydrogen-bond donors (Lipinski definition) is 0. The number of hydrogen-bond acceptors (Lipinski definition) is 5. The quantitative estimate of drug-likeness (QED) is 0.608. The summed E-state index contributed by atoms with van der Waals surface area (Å²) in [6, 6.07) is 0. The van der Waals surface area contributed by atoms with Crippen molar-refractivity contribution in [3.05, 3.63) is 0 Å². The van der Waals surface area contributed by atoms with Gasteiger partial charge in [-0.2, -0.15) is 0 Å². The van der Waals surface area contributed by atoms with E-state index in [0.717, 1.165) is 0 Å². The van der Waals surface area contributed by atoms with E-state index in [4.69, 9.17) is 22.1 Å². The molecule has 0 saturated carbocycles. The Hall–Kier alpha value is 0.234. The van der Waals surface area contributed by atoms with Crippen LogP contribution in [0.5, 0.6) is 0 Å². The Balaban J connectivity index is 4.20. The SMILES string of the molecule is CCO[Si](C)(C)CO[Si](OC)(OC)OC. The van der Waals surface area contributed by atoms with Crippen LogP contribution in [-0.2, 0) is 22.1 Å². The Bertz CT molecular complexity index is 164. The average Bonchev–Trinajstić information content (AvgIpc) is 2.21. The largest absolute Gasteiger partial charge is 0.678 e. The van der Waals surface area contributed by atoms with Crippen molar-refractivity contribution >= 4 is 17.4 Å². The first-order valence-electron chi connectivity index (χ1n) is 4.88. The van der Waals surface area contributed by atoms with Crippen LogP contribution in [0.15, 0.2) is 0 Å². The van der Waals surface area contributed by atoms with E-state index in [9.17, 15) is 0 Å².